The third-order valence-electron chi connectivity index (χ3n) is 2.48. The first-order valence-electron chi connectivity index (χ1n) is 6.04. The number of halogens is 1. The average molecular weight is 285 g/mol. The molecular weight excluding hydrogens is 268 g/mol. The number of aromatic nitrogens is 1. The van der Waals surface area contributed by atoms with E-state index in [2.05, 4.69) is 4.98 Å². The molecule has 6 heteroatoms. The smallest absolute Gasteiger partial charge is 0.325 e. The van der Waals surface area contributed by atoms with Crippen molar-refractivity contribution in [2.75, 3.05) is 13.2 Å². The SMILES string of the molecule is CCOC(=O)CN(C(=O)c1cccnc1Cl)C(C)C. The molecule has 0 aromatic carbocycles. The van der Waals surface area contributed by atoms with Crippen LogP contribution in [0.25, 0.3) is 0 Å². The Hall–Kier alpha value is -1.62. The van der Waals surface area contributed by atoms with Gasteiger partial charge in [0.2, 0.25) is 0 Å². The summed E-state index contributed by atoms with van der Waals surface area (Å²) in [7, 11) is 0. The molecule has 104 valence electrons. The van der Waals surface area contributed by atoms with Crippen molar-refractivity contribution in [1.29, 1.82) is 0 Å². The minimum Gasteiger partial charge on any atom is -0.465 e. The average Bonchev–Trinajstić information content (AvgIpc) is 2.36. The maximum Gasteiger partial charge on any atom is 0.325 e. The molecule has 0 radical (unpaired) electrons. The lowest BCUT2D eigenvalue weighted by molar-refractivity contribution is -0.144. The summed E-state index contributed by atoms with van der Waals surface area (Å²) in [5, 5.41) is 0.127. The molecule has 0 saturated heterocycles. The summed E-state index contributed by atoms with van der Waals surface area (Å²) >= 11 is 5.89. The van der Waals surface area contributed by atoms with Crippen LogP contribution < -0.4 is 0 Å². The van der Waals surface area contributed by atoms with Gasteiger partial charge in [0.25, 0.3) is 5.91 Å². The third-order valence-corrected chi connectivity index (χ3v) is 2.78. The zero-order valence-corrected chi connectivity index (χ0v) is 12.0. The standard InChI is InChI=1S/C13H17ClN2O3/c1-4-19-11(17)8-16(9(2)3)13(18)10-6-5-7-15-12(10)14/h5-7,9H,4,8H2,1-3H3. The van der Waals surface area contributed by atoms with Crippen molar-refractivity contribution in [1.82, 2.24) is 9.88 Å². The lowest BCUT2D eigenvalue weighted by Crippen LogP contribution is -2.41. The lowest BCUT2D eigenvalue weighted by Gasteiger charge is -2.25. The Kier molecular flexibility index (Phi) is 5.76. The fourth-order valence-corrected chi connectivity index (χ4v) is 1.74. The lowest BCUT2D eigenvalue weighted by atomic mass is 10.2. The van der Waals surface area contributed by atoms with Crippen LogP contribution in [0.15, 0.2) is 18.3 Å². The number of esters is 1. The first-order valence-corrected chi connectivity index (χ1v) is 6.42. The molecule has 0 aliphatic heterocycles. The molecule has 0 aliphatic rings. The molecule has 0 unspecified atom stereocenters. The van der Waals surface area contributed by atoms with E-state index in [0.29, 0.717) is 0 Å². The van der Waals surface area contributed by atoms with Gasteiger partial charge in [0.15, 0.2) is 0 Å². The summed E-state index contributed by atoms with van der Waals surface area (Å²) in [4.78, 5) is 29.1. The summed E-state index contributed by atoms with van der Waals surface area (Å²) in [6.07, 6.45) is 1.50. The summed E-state index contributed by atoms with van der Waals surface area (Å²) < 4.78 is 4.86. The van der Waals surface area contributed by atoms with E-state index in [9.17, 15) is 9.59 Å². The van der Waals surface area contributed by atoms with E-state index < -0.39 is 5.97 Å². The Balaban J connectivity index is 2.91. The number of carbonyl (C=O) groups excluding carboxylic acids is 2. The Bertz CT molecular complexity index is 463. The largest absolute Gasteiger partial charge is 0.465 e. The highest BCUT2D eigenvalue weighted by Crippen LogP contribution is 2.15. The van der Waals surface area contributed by atoms with Crippen molar-refractivity contribution in [3.05, 3.63) is 29.0 Å². The van der Waals surface area contributed by atoms with Crippen LogP contribution in [-0.4, -0.2) is 41.0 Å². The molecule has 0 saturated carbocycles. The molecule has 19 heavy (non-hydrogen) atoms. The number of carbonyl (C=O) groups is 2. The van der Waals surface area contributed by atoms with Gasteiger partial charge in [0.1, 0.15) is 11.7 Å². The predicted molar refractivity (Wildman–Crippen MR) is 72.1 cm³/mol. The van der Waals surface area contributed by atoms with Gasteiger partial charge >= 0.3 is 5.97 Å². The van der Waals surface area contributed by atoms with Gasteiger partial charge < -0.3 is 9.64 Å². The highest BCUT2D eigenvalue weighted by atomic mass is 35.5. The zero-order valence-electron chi connectivity index (χ0n) is 11.2. The van der Waals surface area contributed by atoms with E-state index in [1.165, 1.54) is 11.1 Å². The molecule has 0 aliphatic carbocycles. The van der Waals surface area contributed by atoms with Gasteiger partial charge in [-0.25, -0.2) is 4.98 Å². The van der Waals surface area contributed by atoms with Gasteiger partial charge in [-0.2, -0.15) is 0 Å². The fourth-order valence-electron chi connectivity index (χ4n) is 1.53. The van der Waals surface area contributed by atoms with Crippen molar-refractivity contribution in [3.63, 3.8) is 0 Å². The quantitative estimate of drug-likeness (QED) is 0.614. The van der Waals surface area contributed by atoms with Crippen molar-refractivity contribution >= 4 is 23.5 Å². The molecule has 0 spiro atoms. The fraction of sp³-hybridized carbons (Fsp3) is 0.462. The number of pyridine rings is 1. The summed E-state index contributed by atoms with van der Waals surface area (Å²) in [5.41, 5.74) is 0.280. The second-order valence-electron chi connectivity index (χ2n) is 4.17. The number of hydrogen-bond donors (Lipinski definition) is 0. The van der Waals surface area contributed by atoms with Crippen molar-refractivity contribution in [2.45, 2.75) is 26.8 Å². The maximum absolute atomic E-state index is 12.3. The molecule has 1 heterocycles. The van der Waals surface area contributed by atoms with Gasteiger partial charge in [0.05, 0.1) is 12.2 Å². The highest BCUT2D eigenvalue weighted by Gasteiger charge is 2.24. The topological polar surface area (TPSA) is 59.5 Å². The number of nitrogens with zero attached hydrogens (tertiary/aromatic N) is 2. The third kappa shape index (κ3) is 4.21. The Morgan fingerprint density at radius 2 is 2.16 bits per heavy atom. The molecule has 1 rings (SSSR count). The minimum absolute atomic E-state index is 0.102. The van der Waals surface area contributed by atoms with Crippen molar-refractivity contribution in [2.24, 2.45) is 0 Å². The van der Waals surface area contributed by atoms with Crippen LogP contribution in [0.2, 0.25) is 5.15 Å². The van der Waals surface area contributed by atoms with E-state index in [4.69, 9.17) is 16.3 Å². The van der Waals surface area contributed by atoms with Crippen LogP contribution in [0.4, 0.5) is 0 Å². The maximum atomic E-state index is 12.3. The number of ether oxygens (including phenoxy) is 1. The summed E-state index contributed by atoms with van der Waals surface area (Å²) in [6.45, 7) is 5.54. The van der Waals surface area contributed by atoms with Gasteiger partial charge in [-0.3, -0.25) is 9.59 Å². The molecule has 0 atom stereocenters. The van der Waals surface area contributed by atoms with Gasteiger partial charge in [-0.15, -0.1) is 0 Å². The van der Waals surface area contributed by atoms with E-state index in [-0.39, 0.29) is 35.8 Å². The number of amides is 1. The second-order valence-corrected chi connectivity index (χ2v) is 4.53. The van der Waals surface area contributed by atoms with E-state index in [1.54, 1.807) is 19.1 Å². The Morgan fingerprint density at radius 3 is 2.68 bits per heavy atom. The van der Waals surface area contributed by atoms with Crippen LogP contribution in [0.1, 0.15) is 31.1 Å². The Morgan fingerprint density at radius 1 is 1.47 bits per heavy atom. The van der Waals surface area contributed by atoms with E-state index >= 15 is 0 Å². The van der Waals surface area contributed by atoms with Crippen molar-refractivity contribution in [3.8, 4) is 0 Å². The first kappa shape index (κ1) is 15.4. The molecule has 0 bridgehead atoms. The molecular formula is C13H17ClN2O3. The second kappa shape index (κ2) is 7.09. The first-order chi connectivity index (χ1) is 8.97. The van der Waals surface area contributed by atoms with E-state index in [1.807, 2.05) is 13.8 Å². The zero-order chi connectivity index (χ0) is 14.4. The van der Waals surface area contributed by atoms with Crippen LogP contribution in [-0.2, 0) is 9.53 Å². The van der Waals surface area contributed by atoms with Crippen LogP contribution >= 0.6 is 11.6 Å². The Labute approximate surface area is 117 Å². The van der Waals surface area contributed by atoms with Crippen LogP contribution in [0.3, 0.4) is 0 Å². The number of hydrogen-bond acceptors (Lipinski definition) is 4. The van der Waals surface area contributed by atoms with Gasteiger partial charge in [-0.1, -0.05) is 11.6 Å². The predicted octanol–water partition coefficient (Wildman–Crippen LogP) is 2.15. The van der Waals surface area contributed by atoms with Gasteiger partial charge in [-0.05, 0) is 32.9 Å². The number of rotatable bonds is 5. The van der Waals surface area contributed by atoms with Crippen molar-refractivity contribution < 1.29 is 14.3 Å². The van der Waals surface area contributed by atoms with Gasteiger partial charge in [0, 0.05) is 12.2 Å². The van der Waals surface area contributed by atoms with Crippen LogP contribution in [0, 0.1) is 0 Å². The molecule has 1 amide bonds. The normalized spacial score (nSPS) is 10.4. The molecule has 5 nitrogen and oxygen atoms in total. The molecule has 1 aromatic heterocycles. The summed E-state index contributed by atoms with van der Waals surface area (Å²) in [5.74, 6) is -0.772. The van der Waals surface area contributed by atoms with E-state index in [0.717, 1.165) is 0 Å². The highest BCUT2D eigenvalue weighted by molar-refractivity contribution is 6.32. The molecule has 1 aromatic rings. The summed E-state index contributed by atoms with van der Waals surface area (Å²) in [6, 6.07) is 3.06. The molecule has 0 fully saturated rings. The molecule has 0 N–H and O–H groups in total. The minimum atomic E-state index is -0.440. The van der Waals surface area contributed by atoms with Crippen LogP contribution in [0.5, 0.6) is 0 Å². The monoisotopic (exact) mass is 284 g/mol.